The third-order valence-electron chi connectivity index (χ3n) is 5.48. The molecule has 0 radical (unpaired) electrons. The molecule has 1 aromatic heterocycles. The Labute approximate surface area is 148 Å². The van der Waals surface area contributed by atoms with Crippen LogP contribution in [0.1, 0.15) is 37.9 Å². The number of benzene rings is 1. The predicted octanol–water partition coefficient (Wildman–Crippen LogP) is 3.57. The number of phenolic OH excluding ortho intramolecular Hbond substituents is 2. The SMILES string of the molecule is CC(C)N1CCC(/C=N\c2c3c(nc4cc(O)c(O)cc24)CCC3)C1. The van der Waals surface area contributed by atoms with Crippen molar-refractivity contribution in [3.8, 4) is 11.5 Å². The lowest BCUT2D eigenvalue weighted by atomic mass is 10.1. The van der Waals surface area contributed by atoms with Crippen LogP contribution in [-0.2, 0) is 12.8 Å². The molecule has 132 valence electrons. The second-order valence-corrected chi connectivity index (χ2v) is 7.51. The molecule has 1 saturated heterocycles. The van der Waals surface area contributed by atoms with Crippen LogP contribution in [-0.4, -0.2) is 45.4 Å². The zero-order valence-corrected chi connectivity index (χ0v) is 14.9. The van der Waals surface area contributed by atoms with Gasteiger partial charge in [-0.15, -0.1) is 0 Å². The number of rotatable bonds is 3. The standard InChI is InChI=1S/C20H25N3O2/c1-12(2)23-7-6-13(11-23)10-21-20-14-4-3-5-16(14)22-17-9-19(25)18(24)8-15(17)20/h8-10,12-13,24-25H,3-7,11H2,1-2H3/b21-10-. The third kappa shape index (κ3) is 2.97. The summed E-state index contributed by atoms with van der Waals surface area (Å²) in [5.41, 5.74) is 3.92. The highest BCUT2D eigenvalue weighted by molar-refractivity contribution is 5.95. The van der Waals surface area contributed by atoms with Gasteiger partial charge in [0.25, 0.3) is 0 Å². The van der Waals surface area contributed by atoms with Gasteiger partial charge in [0.2, 0.25) is 0 Å². The second-order valence-electron chi connectivity index (χ2n) is 7.51. The second kappa shape index (κ2) is 6.30. The molecular weight excluding hydrogens is 314 g/mol. The number of hydrogen-bond acceptors (Lipinski definition) is 5. The van der Waals surface area contributed by atoms with Gasteiger partial charge in [0.15, 0.2) is 11.5 Å². The van der Waals surface area contributed by atoms with Crippen molar-refractivity contribution in [2.24, 2.45) is 10.9 Å². The molecule has 0 bridgehead atoms. The minimum atomic E-state index is -0.128. The van der Waals surface area contributed by atoms with Gasteiger partial charge >= 0.3 is 0 Å². The van der Waals surface area contributed by atoms with E-state index in [1.54, 1.807) is 12.1 Å². The van der Waals surface area contributed by atoms with Gasteiger partial charge in [0.05, 0.1) is 11.2 Å². The number of aromatic nitrogens is 1. The number of aromatic hydroxyl groups is 2. The quantitative estimate of drug-likeness (QED) is 0.662. The molecule has 1 fully saturated rings. The largest absolute Gasteiger partial charge is 0.504 e. The maximum Gasteiger partial charge on any atom is 0.159 e. The molecule has 1 aromatic carbocycles. The van der Waals surface area contributed by atoms with E-state index < -0.39 is 0 Å². The summed E-state index contributed by atoms with van der Waals surface area (Å²) >= 11 is 0. The molecule has 5 heteroatoms. The Kier molecular flexibility index (Phi) is 4.12. The van der Waals surface area contributed by atoms with Gasteiger partial charge in [-0.1, -0.05) is 0 Å². The first-order chi connectivity index (χ1) is 12.0. The van der Waals surface area contributed by atoms with Gasteiger partial charge in [-0.2, -0.15) is 0 Å². The summed E-state index contributed by atoms with van der Waals surface area (Å²) in [6, 6.07) is 3.71. The van der Waals surface area contributed by atoms with Crippen molar-refractivity contribution >= 4 is 22.8 Å². The minimum absolute atomic E-state index is 0.115. The summed E-state index contributed by atoms with van der Waals surface area (Å²) in [5.74, 6) is 0.222. The number of hydrogen-bond donors (Lipinski definition) is 2. The van der Waals surface area contributed by atoms with Crippen molar-refractivity contribution in [2.75, 3.05) is 13.1 Å². The van der Waals surface area contributed by atoms with Gasteiger partial charge < -0.3 is 15.1 Å². The number of aliphatic imine (C=N–C) groups is 1. The van der Waals surface area contributed by atoms with Crippen LogP contribution in [0.2, 0.25) is 0 Å². The van der Waals surface area contributed by atoms with E-state index in [4.69, 9.17) is 4.99 Å². The lowest BCUT2D eigenvalue weighted by Gasteiger charge is -2.19. The molecule has 0 spiro atoms. The highest BCUT2D eigenvalue weighted by atomic mass is 16.3. The summed E-state index contributed by atoms with van der Waals surface area (Å²) in [5, 5.41) is 20.6. The minimum Gasteiger partial charge on any atom is -0.504 e. The van der Waals surface area contributed by atoms with E-state index in [1.807, 2.05) is 0 Å². The average molecular weight is 339 g/mol. The average Bonchev–Trinajstić information content (AvgIpc) is 3.22. The van der Waals surface area contributed by atoms with Crippen LogP contribution in [0, 0.1) is 5.92 Å². The number of nitrogens with zero attached hydrogens (tertiary/aromatic N) is 3. The topological polar surface area (TPSA) is 69.0 Å². The Morgan fingerprint density at radius 2 is 2.04 bits per heavy atom. The Morgan fingerprint density at radius 1 is 1.24 bits per heavy atom. The van der Waals surface area contributed by atoms with Crippen molar-refractivity contribution in [3.63, 3.8) is 0 Å². The van der Waals surface area contributed by atoms with Crippen LogP contribution in [0.15, 0.2) is 17.1 Å². The van der Waals surface area contributed by atoms with Gasteiger partial charge in [-0.25, -0.2) is 0 Å². The molecule has 1 aliphatic carbocycles. The van der Waals surface area contributed by atoms with Gasteiger partial charge in [0, 0.05) is 41.9 Å². The third-order valence-corrected chi connectivity index (χ3v) is 5.48. The predicted molar refractivity (Wildman–Crippen MR) is 100 cm³/mol. The summed E-state index contributed by atoms with van der Waals surface area (Å²) in [6.07, 6.45) is 6.25. The van der Waals surface area contributed by atoms with E-state index in [0.717, 1.165) is 55.5 Å². The molecule has 1 unspecified atom stereocenters. The zero-order valence-electron chi connectivity index (χ0n) is 14.9. The van der Waals surface area contributed by atoms with E-state index in [-0.39, 0.29) is 11.5 Å². The van der Waals surface area contributed by atoms with Gasteiger partial charge in [-0.05, 0) is 57.7 Å². The zero-order chi connectivity index (χ0) is 17.6. The number of phenols is 2. The molecule has 25 heavy (non-hydrogen) atoms. The molecule has 2 N–H and O–H groups in total. The van der Waals surface area contributed by atoms with E-state index in [0.29, 0.717) is 17.5 Å². The molecule has 0 amide bonds. The maximum atomic E-state index is 9.93. The molecule has 2 aromatic rings. The molecule has 2 heterocycles. The number of likely N-dealkylation sites (tertiary alicyclic amines) is 1. The number of aryl methyl sites for hydroxylation is 1. The van der Waals surface area contributed by atoms with Crippen molar-refractivity contribution in [3.05, 3.63) is 23.4 Å². The summed E-state index contributed by atoms with van der Waals surface area (Å²) in [7, 11) is 0. The van der Waals surface area contributed by atoms with Crippen LogP contribution < -0.4 is 0 Å². The van der Waals surface area contributed by atoms with E-state index in [2.05, 4.69) is 29.9 Å². The van der Waals surface area contributed by atoms with Crippen LogP contribution >= 0.6 is 0 Å². The highest BCUT2D eigenvalue weighted by Crippen LogP contribution is 2.40. The lowest BCUT2D eigenvalue weighted by Crippen LogP contribution is -2.28. The van der Waals surface area contributed by atoms with Crippen molar-refractivity contribution in [1.29, 1.82) is 0 Å². The molecule has 5 nitrogen and oxygen atoms in total. The summed E-state index contributed by atoms with van der Waals surface area (Å²) in [6.45, 7) is 6.65. The molecular formula is C20H25N3O2. The van der Waals surface area contributed by atoms with Crippen molar-refractivity contribution < 1.29 is 10.2 Å². The van der Waals surface area contributed by atoms with Crippen LogP contribution in [0.5, 0.6) is 11.5 Å². The number of pyridine rings is 1. The normalized spacial score (nSPS) is 21.0. The molecule has 0 saturated carbocycles. The first kappa shape index (κ1) is 16.3. The smallest absolute Gasteiger partial charge is 0.159 e. The number of fused-ring (bicyclic) bond motifs is 2. The van der Waals surface area contributed by atoms with Crippen LogP contribution in [0.25, 0.3) is 10.9 Å². The highest BCUT2D eigenvalue weighted by Gasteiger charge is 2.24. The first-order valence-corrected chi connectivity index (χ1v) is 9.18. The van der Waals surface area contributed by atoms with Crippen LogP contribution in [0.4, 0.5) is 5.69 Å². The summed E-state index contributed by atoms with van der Waals surface area (Å²) in [4.78, 5) is 12.0. The monoisotopic (exact) mass is 339 g/mol. The van der Waals surface area contributed by atoms with E-state index in [9.17, 15) is 10.2 Å². The molecule has 1 atom stereocenters. The Balaban J connectivity index is 1.73. The molecule has 4 rings (SSSR count). The maximum absolute atomic E-state index is 9.93. The Bertz CT molecular complexity index is 845. The molecule has 2 aliphatic rings. The van der Waals surface area contributed by atoms with Crippen LogP contribution in [0.3, 0.4) is 0 Å². The Morgan fingerprint density at radius 3 is 2.80 bits per heavy atom. The fraction of sp³-hybridized carbons (Fsp3) is 0.500. The van der Waals surface area contributed by atoms with Crippen molar-refractivity contribution in [1.82, 2.24) is 9.88 Å². The Hall–Kier alpha value is -2.14. The lowest BCUT2D eigenvalue weighted by molar-refractivity contribution is 0.272. The van der Waals surface area contributed by atoms with E-state index >= 15 is 0 Å². The fourth-order valence-electron chi connectivity index (χ4n) is 4.00. The first-order valence-electron chi connectivity index (χ1n) is 9.18. The fourth-order valence-corrected chi connectivity index (χ4v) is 4.00. The van der Waals surface area contributed by atoms with Gasteiger partial charge in [0.1, 0.15) is 0 Å². The summed E-state index contributed by atoms with van der Waals surface area (Å²) < 4.78 is 0. The molecule has 1 aliphatic heterocycles. The van der Waals surface area contributed by atoms with Crippen molar-refractivity contribution in [2.45, 2.75) is 45.6 Å². The van der Waals surface area contributed by atoms with E-state index in [1.165, 1.54) is 5.56 Å². The van der Waals surface area contributed by atoms with Gasteiger partial charge in [-0.3, -0.25) is 9.98 Å².